The summed E-state index contributed by atoms with van der Waals surface area (Å²) in [6, 6.07) is 9.82. The van der Waals surface area contributed by atoms with Gasteiger partial charge in [-0.2, -0.15) is 0 Å². The molecule has 2 N–H and O–H groups in total. The van der Waals surface area contributed by atoms with E-state index in [9.17, 15) is 9.59 Å². The number of primary amides is 1. The molecule has 0 spiro atoms. The van der Waals surface area contributed by atoms with Crippen molar-refractivity contribution < 1.29 is 9.59 Å². The van der Waals surface area contributed by atoms with Crippen molar-refractivity contribution in [1.29, 1.82) is 0 Å². The SMILES string of the molecule is CC1CC1C(=O)N(CCC(N)=O)Cc1ccccc1. The Morgan fingerprint density at radius 1 is 1.32 bits per heavy atom. The highest BCUT2D eigenvalue weighted by molar-refractivity contribution is 5.82. The van der Waals surface area contributed by atoms with Crippen molar-refractivity contribution in [2.24, 2.45) is 17.6 Å². The van der Waals surface area contributed by atoms with Gasteiger partial charge in [-0.3, -0.25) is 9.59 Å². The lowest BCUT2D eigenvalue weighted by Gasteiger charge is -2.22. The molecule has 0 aromatic heterocycles. The van der Waals surface area contributed by atoms with E-state index in [1.165, 1.54) is 0 Å². The van der Waals surface area contributed by atoms with Gasteiger partial charge in [0, 0.05) is 25.4 Å². The highest BCUT2D eigenvalue weighted by Crippen LogP contribution is 2.39. The molecule has 2 amide bonds. The lowest BCUT2D eigenvalue weighted by molar-refractivity contribution is -0.134. The van der Waals surface area contributed by atoms with Crippen molar-refractivity contribution in [1.82, 2.24) is 4.90 Å². The zero-order valence-electron chi connectivity index (χ0n) is 11.2. The molecule has 0 bridgehead atoms. The molecule has 4 nitrogen and oxygen atoms in total. The van der Waals surface area contributed by atoms with Crippen LogP contribution in [-0.4, -0.2) is 23.3 Å². The van der Waals surface area contributed by atoms with E-state index < -0.39 is 0 Å². The van der Waals surface area contributed by atoms with E-state index in [1.807, 2.05) is 30.3 Å². The maximum atomic E-state index is 12.3. The molecule has 1 fully saturated rings. The number of carbonyl (C=O) groups excluding carboxylic acids is 2. The monoisotopic (exact) mass is 260 g/mol. The number of carbonyl (C=O) groups is 2. The van der Waals surface area contributed by atoms with Crippen LogP contribution in [0.15, 0.2) is 30.3 Å². The summed E-state index contributed by atoms with van der Waals surface area (Å²) in [4.78, 5) is 25.0. The zero-order chi connectivity index (χ0) is 13.8. The normalized spacial score (nSPS) is 20.9. The van der Waals surface area contributed by atoms with Crippen LogP contribution in [0.4, 0.5) is 0 Å². The van der Waals surface area contributed by atoms with Crippen molar-refractivity contribution in [3.05, 3.63) is 35.9 Å². The molecule has 102 valence electrons. The molecule has 0 heterocycles. The third-order valence-electron chi connectivity index (χ3n) is 3.58. The molecular weight excluding hydrogens is 240 g/mol. The molecule has 2 unspecified atom stereocenters. The maximum absolute atomic E-state index is 12.3. The lowest BCUT2D eigenvalue weighted by atomic mass is 10.2. The maximum Gasteiger partial charge on any atom is 0.226 e. The Balaban J connectivity index is 2.01. The standard InChI is InChI=1S/C15H20N2O2/c1-11-9-13(11)15(19)17(8-7-14(16)18)10-12-5-3-2-4-6-12/h2-6,11,13H,7-10H2,1H3,(H2,16,18). The number of hydrogen-bond acceptors (Lipinski definition) is 2. The second-order valence-electron chi connectivity index (χ2n) is 5.28. The fourth-order valence-electron chi connectivity index (χ4n) is 2.22. The molecule has 1 aliphatic carbocycles. The van der Waals surface area contributed by atoms with E-state index in [-0.39, 0.29) is 24.2 Å². The van der Waals surface area contributed by atoms with Gasteiger partial charge < -0.3 is 10.6 Å². The Labute approximate surface area is 113 Å². The van der Waals surface area contributed by atoms with Crippen LogP contribution < -0.4 is 5.73 Å². The van der Waals surface area contributed by atoms with Crippen molar-refractivity contribution in [2.45, 2.75) is 26.3 Å². The van der Waals surface area contributed by atoms with E-state index in [4.69, 9.17) is 5.73 Å². The van der Waals surface area contributed by atoms with Gasteiger partial charge in [0.1, 0.15) is 0 Å². The molecule has 1 saturated carbocycles. The molecule has 0 radical (unpaired) electrons. The van der Waals surface area contributed by atoms with Gasteiger partial charge in [0.25, 0.3) is 0 Å². The summed E-state index contributed by atoms with van der Waals surface area (Å²) in [5.74, 6) is 0.392. The number of benzene rings is 1. The average Bonchev–Trinajstić information content (AvgIpc) is 3.12. The summed E-state index contributed by atoms with van der Waals surface area (Å²) in [5, 5.41) is 0. The number of rotatable bonds is 6. The summed E-state index contributed by atoms with van der Waals surface area (Å²) in [6.07, 6.45) is 1.18. The molecule has 2 atom stereocenters. The van der Waals surface area contributed by atoms with Gasteiger partial charge >= 0.3 is 0 Å². The predicted molar refractivity (Wildman–Crippen MR) is 72.9 cm³/mol. The van der Waals surface area contributed by atoms with Gasteiger partial charge in [0.05, 0.1) is 0 Å². The molecular formula is C15H20N2O2. The number of nitrogens with zero attached hydrogens (tertiary/aromatic N) is 1. The van der Waals surface area contributed by atoms with E-state index in [2.05, 4.69) is 6.92 Å². The molecule has 19 heavy (non-hydrogen) atoms. The summed E-state index contributed by atoms with van der Waals surface area (Å²) in [6.45, 7) is 3.04. The summed E-state index contributed by atoms with van der Waals surface area (Å²) in [5.41, 5.74) is 6.25. The van der Waals surface area contributed by atoms with Crippen LogP contribution in [0.25, 0.3) is 0 Å². The van der Waals surface area contributed by atoms with Crippen LogP contribution in [0.2, 0.25) is 0 Å². The molecule has 4 heteroatoms. The largest absolute Gasteiger partial charge is 0.370 e. The first kappa shape index (κ1) is 13.6. The van der Waals surface area contributed by atoms with E-state index in [0.29, 0.717) is 19.0 Å². The van der Waals surface area contributed by atoms with E-state index >= 15 is 0 Å². The first-order valence-corrected chi connectivity index (χ1v) is 6.69. The number of amides is 2. The fraction of sp³-hybridized carbons (Fsp3) is 0.467. The average molecular weight is 260 g/mol. The van der Waals surface area contributed by atoms with Crippen LogP contribution in [0.3, 0.4) is 0 Å². The second kappa shape index (κ2) is 5.87. The molecule has 2 rings (SSSR count). The third-order valence-corrected chi connectivity index (χ3v) is 3.58. The van der Waals surface area contributed by atoms with Gasteiger partial charge in [-0.05, 0) is 17.9 Å². The minimum atomic E-state index is -0.366. The van der Waals surface area contributed by atoms with E-state index in [0.717, 1.165) is 12.0 Å². The quantitative estimate of drug-likeness (QED) is 0.843. The fourth-order valence-corrected chi connectivity index (χ4v) is 2.22. The zero-order valence-corrected chi connectivity index (χ0v) is 11.2. The molecule has 0 aliphatic heterocycles. The highest BCUT2D eigenvalue weighted by atomic mass is 16.2. The Morgan fingerprint density at radius 3 is 2.47 bits per heavy atom. The molecule has 1 aromatic rings. The third kappa shape index (κ3) is 3.81. The van der Waals surface area contributed by atoms with Crippen LogP contribution in [0, 0.1) is 11.8 Å². The van der Waals surface area contributed by atoms with Crippen LogP contribution in [0.1, 0.15) is 25.3 Å². The summed E-state index contributed by atoms with van der Waals surface area (Å²) >= 11 is 0. The van der Waals surface area contributed by atoms with Gasteiger partial charge in [-0.15, -0.1) is 0 Å². The Morgan fingerprint density at radius 2 is 1.95 bits per heavy atom. The van der Waals surface area contributed by atoms with E-state index in [1.54, 1.807) is 4.90 Å². The van der Waals surface area contributed by atoms with Gasteiger partial charge in [-0.1, -0.05) is 37.3 Å². The second-order valence-corrected chi connectivity index (χ2v) is 5.28. The summed E-state index contributed by atoms with van der Waals surface area (Å²) < 4.78 is 0. The van der Waals surface area contributed by atoms with Crippen LogP contribution in [-0.2, 0) is 16.1 Å². The summed E-state index contributed by atoms with van der Waals surface area (Å²) in [7, 11) is 0. The van der Waals surface area contributed by atoms with Crippen molar-refractivity contribution in [3.63, 3.8) is 0 Å². The number of nitrogens with two attached hydrogens (primary N) is 1. The Bertz CT molecular complexity index is 458. The molecule has 0 saturated heterocycles. The van der Waals surface area contributed by atoms with Crippen molar-refractivity contribution in [3.8, 4) is 0 Å². The van der Waals surface area contributed by atoms with Crippen LogP contribution >= 0.6 is 0 Å². The topological polar surface area (TPSA) is 63.4 Å². The first-order chi connectivity index (χ1) is 9.08. The predicted octanol–water partition coefficient (Wildman–Crippen LogP) is 1.55. The Hall–Kier alpha value is -1.84. The first-order valence-electron chi connectivity index (χ1n) is 6.69. The van der Waals surface area contributed by atoms with Gasteiger partial charge in [-0.25, -0.2) is 0 Å². The molecule has 1 aliphatic rings. The molecule has 1 aromatic carbocycles. The van der Waals surface area contributed by atoms with Gasteiger partial charge in [0.2, 0.25) is 11.8 Å². The smallest absolute Gasteiger partial charge is 0.226 e. The highest BCUT2D eigenvalue weighted by Gasteiger charge is 2.41. The minimum absolute atomic E-state index is 0.136. The Kier molecular flexibility index (Phi) is 4.20. The minimum Gasteiger partial charge on any atom is -0.370 e. The number of hydrogen-bond donors (Lipinski definition) is 1. The van der Waals surface area contributed by atoms with Crippen molar-refractivity contribution in [2.75, 3.05) is 6.54 Å². The lowest BCUT2D eigenvalue weighted by Crippen LogP contribution is -2.35. The van der Waals surface area contributed by atoms with Gasteiger partial charge in [0.15, 0.2) is 0 Å². The van der Waals surface area contributed by atoms with Crippen LogP contribution in [0.5, 0.6) is 0 Å². The van der Waals surface area contributed by atoms with Crippen molar-refractivity contribution >= 4 is 11.8 Å².